The van der Waals surface area contributed by atoms with Gasteiger partial charge in [0.2, 0.25) is 0 Å². The van der Waals surface area contributed by atoms with Crippen molar-refractivity contribution in [3.63, 3.8) is 0 Å². The Balaban J connectivity index is 6.47. The van der Waals surface area contributed by atoms with Gasteiger partial charge < -0.3 is 27.7 Å². The molecule has 0 heterocycles. The number of unbranched alkanes of at least 4 members (excludes halogenated alkanes) is 1. The van der Waals surface area contributed by atoms with Gasteiger partial charge in [-0.05, 0) is 43.5 Å². The number of Topliss-reactive ketones (excluding diaryl/α,β-unsaturated/α-hetero) is 1. The van der Waals surface area contributed by atoms with E-state index in [1.54, 1.807) is 21.1 Å². The fourth-order valence-electron chi connectivity index (χ4n) is 4.64. The zero-order valence-electron chi connectivity index (χ0n) is 26.1. The summed E-state index contributed by atoms with van der Waals surface area (Å²) < 4.78 is 47.0. The van der Waals surface area contributed by atoms with Gasteiger partial charge in [0.1, 0.15) is 19.1 Å². The lowest BCUT2D eigenvalue weighted by atomic mass is 9.88. The van der Waals surface area contributed by atoms with E-state index in [9.17, 15) is 9.36 Å². The number of allylic oxidation sites excluding steroid dienone is 3. The van der Waals surface area contributed by atoms with Crippen molar-refractivity contribution in [3.05, 3.63) is 36.5 Å². The summed E-state index contributed by atoms with van der Waals surface area (Å²) in [6, 6.07) is 2.94. The first-order valence-electron chi connectivity index (χ1n) is 14.0. The standard InChI is InChI=1S/C29H55O8PSi/c1-12-16-17-18-19-27(33-9)29(36-22-32-8)25(7)28(37-39(13-2,14-3)15-4)24(6)20-23(5)26(30)21-38(31,34-10)35-11/h12,18-20,23,25,27-29H,1,13-17,21-22H2,2-11H3/b19-18+,24-20+/t23-,25+,27-,28+,29-/m0/s1. The molecule has 0 spiro atoms. The van der Waals surface area contributed by atoms with Gasteiger partial charge in [0.05, 0.1) is 12.2 Å². The van der Waals surface area contributed by atoms with Crippen LogP contribution in [0.3, 0.4) is 0 Å². The normalized spacial score (nSPS) is 17.1. The van der Waals surface area contributed by atoms with E-state index in [1.165, 1.54) is 14.2 Å². The molecule has 0 saturated carbocycles. The Bertz CT molecular complexity index is 795. The largest absolute Gasteiger partial charge is 0.410 e. The van der Waals surface area contributed by atoms with Crippen LogP contribution >= 0.6 is 7.60 Å². The van der Waals surface area contributed by atoms with Crippen LogP contribution < -0.4 is 0 Å². The van der Waals surface area contributed by atoms with Gasteiger partial charge in [0.15, 0.2) is 14.1 Å². The van der Waals surface area contributed by atoms with Gasteiger partial charge in [-0.25, -0.2) is 0 Å². The Labute approximate surface area is 239 Å². The first kappa shape index (κ1) is 38.1. The fraction of sp³-hybridized carbons (Fsp3) is 0.759. The quantitative estimate of drug-likeness (QED) is 0.0407. The van der Waals surface area contributed by atoms with Gasteiger partial charge >= 0.3 is 7.60 Å². The number of ketones is 1. The molecule has 0 unspecified atom stereocenters. The van der Waals surface area contributed by atoms with Crippen LogP contribution in [0.4, 0.5) is 0 Å². The second kappa shape index (κ2) is 20.1. The summed E-state index contributed by atoms with van der Waals surface area (Å²) in [6.45, 7) is 16.4. The Morgan fingerprint density at radius 3 is 2.05 bits per heavy atom. The molecular weight excluding hydrogens is 535 g/mol. The maximum absolute atomic E-state index is 13.0. The average molecular weight is 591 g/mol. The summed E-state index contributed by atoms with van der Waals surface area (Å²) in [4.78, 5) is 13.0. The van der Waals surface area contributed by atoms with Crippen LogP contribution in [0.2, 0.25) is 18.1 Å². The zero-order valence-corrected chi connectivity index (χ0v) is 28.0. The first-order chi connectivity index (χ1) is 18.5. The van der Waals surface area contributed by atoms with E-state index in [2.05, 4.69) is 40.3 Å². The molecule has 0 saturated heterocycles. The minimum Gasteiger partial charge on any atom is -0.410 e. The van der Waals surface area contributed by atoms with E-state index in [0.717, 1.165) is 36.5 Å². The van der Waals surface area contributed by atoms with E-state index in [1.807, 2.05) is 25.2 Å². The molecular formula is C29H55O8PSi. The summed E-state index contributed by atoms with van der Waals surface area (Å²) in [6.07, 6.45) is 8.35. The van der Waals surface area contributed by atoms with Crippen molar-refractivity contribution in [2.24, 2.45) is 11.8 Å². The molecule has 0 aromatic carbocycles. The van der Waals surface area contributed by atoms with E-state index < -0.39 is 21.8 Å². The van der Waals surface area contributed by atoms with Crippen molar-refractivity contribution in [1.82, 2.24) is 0 Å². The molecule has 0 aliphatic carbocycles. The number of ether oxygens (including phenoxy) is 3. The number of hydrogen-bond donors (Lipinski definition) is 0. The van der Waals surface area contributed by atoms with E-state index in [4.69, 9.17) is 27.7 Å². The van der Waals surface area contributed by atoms with E-state index >= 15 is 0 Å². The van der Waals surface area contributed by atoms with Crippen LogP contribution in [0.5, 0.6) is 0 Å². The van der Waals surface area contributed by atoms with Crippen molar-refractivity contribution in [2.45, 2.75) is 90.8 Å². The number of carbonyl (C=O) groups is 1. The summed E-state index contributed by atoms with van der Waals surface area (Å²) in [5, 5.41) is 0. The fourth-order valence-corrected chi connectivity index (χ4v) is 8.65. The molecule has 0 N–H and O–H groups in total. The molecule has 0 fully saturated rings. The van der Waals surface area contributed by atoms with Gasteiger partial charge in [-0.1, -0.05) is 58.9 Å². The summed E-state index contributed by atoms with van der Waals surface area (Å²) in [5.74, 6) is -0.851. The van der Waals surface area contributed by atoms with E-state index in [-0.39, 0.29) is 43.0 Å². The molecule has 8 nitrogen and oxygen atoms in total. The molecule has 0 aliphatic heterocycles. The Kier molecular flexibility index (Phi) is 19.6. The van der Waals surface area contributed by atoms with Crippen LogP contribution in [0, 0.1) is 11.8 Å². The monoisotopic (exact) mass is 590 g/mol. The Morgan fingerprint density at radius 2 is 1.59 bits per heavy atom. The summed E-state index contributed by atoms with van der Waals surface area (Å²) in [5.41, 5.74) is 0.928. The molecule has 0 aromatic rings. The molecule has 0 radical (unpaired) electrons. The minimum atomic E-state index is -3.45. The molecule has 0 bridgehead atoms. The summed E-state index contributed by atoms with van der Waals surface area (Å²) in [7, 11) is 0.331. The lowest BCUT2D eigenvalue weighted by Crippen LogP contribution is -2.48. The second-order valence-corrected chi connectivity index (χ2v) is 17.0. The molecule has 5 atom stereocenters. The maximum atomic E-state index is 13.0. The molecule has 0 rings (SSSR count). The third-order valence-corrected chi connectivity index (χ3v) is 14.0. The highest BCUT2D eigenvalue weighted by Crippen LogP contribution is 2.46. The lowest BCUT2D eigenvalue weighted by molar-refractivity contribution is -0.137. The Morgan fingerprint density at radius 1 is 1.00 bits per heavy atom. The zero-order chi connectivity index (χ0) is 30.1. The highest BCUT2D eigenvalue weighted by atomic mass is 31.2. The topological polar surface area (TPSA) is 89.5 Å². The molecule has 0 aromatic heterocycles. The lowest BCUT2D eigenvalue weighted by Gasteiger charge is -2.40. The van der Waals surface area contributed by atoms with Crippen molar-refractivity contribution < 1.29 is 37.0 Å². The highest BCUT2D eigenvalue weighted by molar-refractivity contribution is 7.54. The maximum Gasteiger partial charge on any atom is 0.337 e. The third-order valence-electron chi connectivity index (χ3n) is 7.52. The predicted octanol–water partition coefficient (Wildman–Crippen LogP) is 7.18. The number of methoxy groups -OCH3 is 2. The van der Waals surface area contributed by atoms with Gasteiger partial charge in [-0.3, -0.25) is 9.36 Å². The Hall–Kier alpha value is -0.903. The number of carbonyl (C=O) groups excluding carboxylic acids is 1. The SMILES string of the molecule is C=CCC/C=C/[C@H](OC)[C@@H](OCOC)[C@H](C)[C@H](O[Si](CC)(CC)CC)/C(C)=C/[C@H](C)C(=O)CP(=O)(OC)OC. The first-order valence-corrected chi connectivity index (χ1v) is 18.2. The van der Waals surface area contributed by atoms with Gasteiger partial charge in [-0.2, -0.15) is 0 Å². The highest BCUT2D eigenvalue weighted by Gasteiger charge is 2.39. The molecule has 228 valence electrons. The number of hydrogen-bond acceptors (Lipinski definition) is 8. The smallest absolute Gasteiger partial charge is 0.337 e. The predicted molar refractivity (Wildman–Crippen MR) is 162 cm³/mol. The van der Waals surface area contributed by atoms with Crippen LogP contribution in [-0.4, -0.2) is 73.8 Å². The van der Waals surface area contributed by atoms with Crippen molar-refractivity contribution in [3.8, 4) is 0 Å². The minimum absolute atomic E-state index is 0.112. The third kappa shape index (κ3) is 12.7. The molecule has 39 heavy (non-hydrogen) atoms. The van der Waals surface area contributed by atoms with Gasteiger partial charge in [0, 0.05) is 40.3 Å². The van der Waals surface area contributed by atoms with Crippen molar-refractivity contribution in [2.75, 3.05) is 41.4 Å². The van der Waals surface area contributed by atoms with Gasteiger partial charge in [-0.15, -0.1) is 6.58 Å². The van der Waals surface area contributed by atoms with E-state index in [0.29, 0.717) is 0 Å². The molecule has 0 aliphatic rings. The average Bonchev–Trinajstić information content (AvgIpc) is 2.94. The number of rotatable bonds is 23. The van der Waals surface area contributed by atoms with Gasteiger partial charge in [0.25, 0.3) is 0 Å². The van der Waals surface area contributed by atoms with Crippen LogP contribution in [-0.2, 0) is 37.0 Å². The second-order valence-electron chi connectivity index (χ2n) is 9.97. The molecule has 10 heteroatoms. The van der Waals surface area contributed by atoms with Crippen molar-refractivity contribution >= 4 is 21.7 Å². The van der Waals surface area contributed by atoms with Crippen LogP contribution in [0.25, 0.3) is 0 Å². The van der Waals surface area contributed by atoms with Crippen LogP contribution in [0.1, 0.15) is 54.4 Å². The molecule has 0 amide bonds. The summed E-state index contributed by atoms with van der Waals surface area (Å²) >= 11 is 0. The van der Waals surface area contributed by atoms with Crippen molar-refractivity contribution in [1.29, 1.82) is 0 Å². The van der Waals surface area contributed by atoms with Crippen LogP contribution in [0.15, 0.2) is 36.5 Å².